The van der Waals surface area contributed by atoms with E-state index in [1.165, 1.54) is 4.90 Å². The van der Waals surface area contributed by atoms with E-state index >= 15 is 0 Å². The highest BCUT2D eigenvalue weighted by Crippen LogP contribution is 1.99. The lowest BCUT2D eigenvalue weighted by atomic mass is 10.3. The third-order valence-electron chi connectivity index (χ3n) is 2.35. The van der Waals surface area contributed by atoms with Crippen molar-refractivity contribution >= 4 is 18.2 Å². The average Bonchev–Trinajstić information content (AvgIpc) is 2.36. The molecule has 1 amide bonds. The van der Waals surface area contributed by atoms with Gasteiger partial charge in [0, 0.05) is 18.7 Å². The van der Waals surface area contributed by atoms with Gasteiger partial charge in [-0.1, -0.05) is 19.9 Å². The molecule has 0 aliphatic rings. The Kier molecular flexibility index (Phi) is 8.53. The second-order valence-corrected chi connectivity index (χ2v) is 4.07. The minimum absolute atomic E-state index is 0.223. The van der Waals surface area contributed by atoms with Crippen molar-refractivity contribution in [3.8, 4) is 0 Å². The highest BCUT2D eigenvalue weighted by atomic mass is 16.5. The van der Waals surface area contributed by atoms with E-state index in [0.29, 0.717) is 31.4 Å². The van der Waals surface area contributed by atoms with Crippen LogP contribution >= 0.6 is 0 Å². The van der Waals surface area contributed by atoms with Crippen LogP contribution in [0.15, 0.2) is 12.2 Å². The van der Waals surface area contributed by atoms with Crippen LogP contribution in [0.4, 0.5) is 0 Å². The lowest BCUT2D eigenvalue weighted by molar-refractivity contribution is -0.140. The molecule has 0 saturated carbocycles. The number of ether oxygens (including phenoxy) is 1. The molecule has 5 nitrogen and oxygen atoms in total. The number of esters is 1. The minimum atomic E-state index is -0.519. The van der Waals surface area contributed by atoms with E-state index in [9.17, 15) is 14.4 Å². The Hall–Kier alpha value is -1.65. The maximum Gasteiger partial charge on any atom is 0.333 e. The maximum absolute atomic E-state index is 11.3. The van der Waals surface area contributed by atoms with Gasteiger partial charge in [0.2, 0.25) is 6.29 Å². The van der Waals surface area contributed by atoms with Crippen molar-refractivity contribution in [3.63, 3.8) is 0 Å². The molecule has 0 rings (SSSR count). The van der Waals surface area contributed by atoms with E-state index in [-0.39, 0.29) is 6.61 Å². The standard InChI is InChI=1S/C13H21NO4/c1-4-5-7-14(12(16)10-15)8-6-9-18-13(17)11(2)3/h10H,2,4-9H2,1,3H3. The first kappa shape index (κ1) is 16.4. The molecule has 0 N–H and O–H groups in total. The monoisotopic (exact) mass is 255 g/mol. The molecule has 102 valence electrons. The molecule has 0 radical (unpaired) electrons. The minimum Gasteiger partial charge on any atom is -0.462 e. The normalized spacial score (nSPS) is 9.67. The molecule has 0 aliphatic heterocycles. The Labute approximate surface area is 108 Å². The summed E-state index contributed by atoms with van der Waals surface area (Å²) in [5.41, 5.74) is 0.349. The zero-order valence-corrected chi connectivity index (χ0v) is 11.1. The molecule has 0 bridgehead atoms. The summed E-state index contributed by atoms with van der Waals surface area (Å²) in [7, 11) is 0. The fourth-order valence-electron chi connectivity index (χ4n) is 1.30. The second kappa shape index (κ2) is 9.39. The molecule has 0 spiro atoms. The Morgan fingerprint density at radius 2 is 1.89 bits per heavy atom. The number of unbranched alkanes of at least 4 members (excludes halogenated alkanes) is 1. The summed E-state index contributed by atoms with van der Waals surface area (Å²) in [6, 6.07) is 0. The number of amides is 1. The van der Waals surface area contributed by atoms with Crippen LogP contribution in [0.1, 0.15) is 33.1 Å². The zero-order chi connectivity index (χ0) is 14.0. The smallest absolute Gasteiger partial charge is 0.333 e. The van der Waals surface area contributed by atoms with E-state index in [1.54, 1.807) is 6.92 Å². The third-order valence-corrected chi connectivity index (χ3v) is 2.35. The van der Waals surface area contributed by atoms with Gasteiger partial charge in [0.05, 0.1) is 6.61 Å². The number of rotatable bonds is 9. The quantitative estimate of drug-likeness (QED) is 0.205. The van der Waals surface area contributed by atoms with Crippen LogP contribution in [0.5, 0.6) is 0 Å². The van der Waals surface area contributed by atoms with Crippen molar-refractivity contribution in [2.45, 2.75) is 33.1 Å². The second-order valence-electron chi connectivity index (χ2n) is 4.07. The average molecular weight is 255 g/mol. The third kappa shape index (κ3) is 6.83. The number of hydrogen-bond donors (Lipinski definition) is 0. The molecule has 0 unspecified atom stereocenters. The van der Waals surface area contributed by atoms with Gasteiger partial charge in [0.25, 0.3) is 5.91 Å². The SMILES string of the molecule is C=C(C)C(=O)OCCCN(CCCC)C(=O)C=O. The number of hydrogen-bond acceptors (Lipinski definition) is 4. The highest BCUT2D eigenvalue weighted by Gasteiger charge is 2.11. The zero-order valence-electron chi connectivity index (χ0n) is 11.1. The van der Waals surface area contributed by atoms with Crippen LogP contribution in [0.25, 0.3) is 0 Å². The summed E-state index contributed by atoms with van der Waals surface area (Å²) in [4.78, 5) is 34.3. The van der Waals surface area contributed by atoms with Crippen molar-refractivity contribution in [1.82, 2.24) is 4.90 Å². The van der Waals surface area contributed by atoms with Crippen LogP contribution in [-0.4, -0.2) is 42.8 Å². The fraction of sp³-hybridized carbons (Fsp3) is 0.615. The van der Waals surface area contributed by atoms with Gasteiger partial charge >= 0.3 is 5.97 Å². The Bertz CT molecular complexity index is 312. The van der Waals surface area contributed by atoms with Crippen molar-refractivity contribution < 1.29 is 19.1 Å². The topological polar surface area (TPSA) is 63.7 Å². The van der Waals surface area contributed by atoms with Gasteiger partial charge in [-0.25, -0.2) is 4.79 Å². The first-order valence-corrected chi connectivity index (χ1v) is 6.09. The molecule has 0 aromatic rings. The van der Waals surface area contributed by atoms with Crippen LogP contribution < -0.4 is 0 Å². The van der Waals surface area contributed by atoms with Gasteiger partial charge in [-0.15, -0.1) is 0 Å². The van der Waals surface area contributed by atoms with E-state index in [0.717, 1.165) is 12.8 Å². The van der Waals surface area contributed by atoms with Crippen LogP contribution in [0.2, 0.25) is 0 Å². The molecule has 0 fully saturated rings. The Balaban J connectivity index is 3.96. The molecular weight excluding hydrogens is 234 g/mol. The predicted octanol–water partition coefficient (Wildman–Crippen LogP) is 1.32. The molecule has 0 atom stereocenters. The molecule has 0 heterocycles. The molecule has 18 heavy (non-hydrogen) atoms. The molecule has 0 aromatic carbocycles. The maximum atomic E-state index is 11.3. The summed E-state index contributed by atoms with van der Waals surface area (Å²) in [6.45, 7) is 8.25. The number of aldehydes is 1. The summed E-state index contributed by atoms with van der Waals surface area (Å²) in [5, 5.41) is 0. The first-order chi connectivity index (χ1) is 8.52. The lowest BCUT2D eigenvalue weighted by Crippen LogP contribution is -2.34. The first-order valence-electron chi connectivity index (χ1n) is 6.09. The lowest BCUT2D eigenvalue weighted by Gasteiger charge is -2.19. The number of nitrogens with zero attached hydrogens (tertiary/aromatic N) is 1. The van der Waals surface area contributed by atoms with Crippen molar-refractivity contribution in [2.75, 3.05) is 19.7 Å². The molecular formula is C13H21NO4. The van der Waals surface area contributed by atoms with E-state index in [4.69, 9.17) is 4.74 Å². The Morgan fingerprint density at radius 3 is 2.39 bits per heavy atom. The molecule has 0 aromatic heterocycles. The highest BCUT2D eigenvalue weighted by molar-refractivity contribution is 6.23. The van der Waals surface area contributed by atoms with Crippen molar-refractivity contribution in [2.24, 2.45) is 0 Å². The van der Waals surface area contributed by atoms with Gasteiger partial charge in [0.1, 0.15) is 0 Å². The summed E-state index contributed by atoms with van der Waals surface area (Å²) in [5.74, 6) is -0.952. The van der Waals surface area contributed by atoms with Crippen LogP contribution in [0, 0.1) is 0 Å². The number of carbonyl (C=O) groups is 3. The van der Waals surface area contributed by atoms with E-state index in [1.807, 2.05) is 6.92 Å². The number of carbonyl (C=O) groups excluding carboxylic acids is 3. The predicted molar refractivity (Wildman–Crippen MR) is 67.9 cm³/mol. The van der Waals surface area contributed by atoms with Crippen molar-refractivity contribution in [3.05, 3.63) is 12.2 Å². The molecule has 0 saturated heterocycles. The molecule has 5 heteroatoms. The van der Waals surface area contributed by atoms with Crippen molar-refractivity contribution in [1.29, 1.82) is 0 Å². The van der Waals surface area contributed by atoms with Gasteiger partial charge in [-0.05, 0) is 19.8 Å². The summed E-state index contributed by atoms with van der Waals surface area (Å²) in [6.07, 6.45) is 2.64. The molecule has 0 aliphatic carbocycles. The largest absolute Gasteiger partial charge is 0.462 e. The van der Waals surface area contributed by atoms with E-state index in [2.05, 4.69) is 6.58 Å². The Morgan fingerprint density at radius 1 is 1.28 bits per heavy atom. The van der Waals surface area contributed by atoms with Gasteiger partial charge < -0.3 is 9.64 Å². The fourth-order valence-corrected chi connectivity index (χ4v) is 1.30. The van der Waals surface area contributed by atoms with Gasteiger partial charge in [-0.2, -0.15) is 0 Å². The van der Waals surface area contributed by atoms with Crippen LogP contribution in [0.3, 0.4) is 0 Å². The van der Waals surface area contributed by atoms with E-state index < -0.39 is 11.9 Å². The summed E-state index contributed by atoms with van der Waals surface area (Å²) < 4.78 is 4.91. The van der Waals surface area contributed by atoms with Gasteiger partial charge in [-0.3, -0.25) is 9.59 Å². The summed E-state index contributed by atoms with van der Waals surface area (Å²) >= 11 is 0. The van der Waals surface area contributed by atoms with Gasteiger partial charge in [0.15, 0.2) is 0 Å². The van der Waals surface area contributed by atoms with Crippen LogP contribution in [-0.2, 0) is 19.1 Å².